The second-order valence-electron chi connectivity index (χ2n) is 5.75. The number of amides is 1. The largest absolute Gasteiger partial charge is 0.491 e. The topological polar surface area (TPSA) is 71.3 Å². The number of nitrogens with one attached hydrogen (secondary N) is 1. The fourth-order valence-electron chi connectivity index (χ4n) is 2.34. The van der Waals surface area contributed by atoms with Crippen molar-refractivity contribution in [3.05, 3.63) is 35.4 Å². The van der Waals surface area contributed by atoms with Crippen molar-refractivity contribution in [3.8, 4) is 11.8 Å². The molecule has 1 saturated heterocycles. The Balaban J connectivity index is 1.96. The fraction of sp³-hybridized carbons (Fsp3) is 0.444. The Morgan fingerprint density at radius 1 is 1.48 bits per heavy atom. The molecule has 1 aromatic rings. The Bertz CT molecular complexity index is 594. The molecule has 0 saturated carbocycles. The zero-order valence-electron chi connectivity index (χ0n) is 13.5. The minimum Gasteiger partial charge on any atom is -0.491 e. The first-order chi connectivity index (χ1) is 11.1. The Kier molecular flexibility index (Phi) is 6.19. The van der Waals surface area contributed by atoms with Crippen molar-refractivity contribution in [1.29, 1.82) is 5.26 Å². The molecule has 5 nitrogen and oxygen atoms in total. The summed E-state index contributed by atoms with van der Waals surface area (Å²) in [7, 11) is 0. The molecular weight excluding hydrogens is 292 g/mol. The van der Waals surface area contributed by atoms with Crippen LogP contribution >= 0.6 is 0 Å². The van der Waals surface area contributed by atoms with Gasteiger partial charge in [0.2, 0.25) is 0 Å². The van der Waals surface area contributed by atoms with Crippen LogP contribution in [-0.2, 0) is 9.53 Å². The van der Waals surface area contributed by atoms with Gasteiger partial charge in [-0.2, -0.15) is 5.26 Å². The molecule has 1 N–H and O–H groups in total. The van der Waals surface area contributed by atoms with E-state index in [1.165, 1.54) is 0 Å². The minimum absolute atomic E-state index is 0.0614. The number of carbonyl (C=O) groups is 1. The van der Waals surface area contributed by atoms with Gasteiger partial charge < -0.3 is 14.8 Å². The standard InChI is InChI=1S/C18H22N2O3/c1-13(2)23-16-7-5-14(6-8-16)10-15(11-19)18(21)20-12-17-4-3-9-22-17/h5-8,10,13,17H,3-4,9,12H2,1-2H3,(H,20,21)/b15-10+/t17-/m0/s1. The Hall–Kier alpha value is -2.32. The van der Waals surface area contributed by atoms with Crippen molar-refractivity contribution in [3.63, 3.8) is 0 Å². The predicted octanol–water partition coefficient (Wildman–Crippen LogP) is 2.68. The maximum atomic E-state index is 12.1. The summed E-state index contributed by atoms with van der Waals surface area (Å²) in [6, 6.07) is 9.24. The molecular formula is C18H22N2O3. The van der Waals surface area contributed by atoms with Crippen LogP contribution < -0.4 is 10.1 Å². The lowest BCUT2D eigenvalue weighted by molar-refractivity contribution is -0.117. The molecule has 5 heteroatoms. The highest BCUT2D eigenvalue weighted by atomic mass is 16.5. The smallest absolute Gasteiger partial charge is 0.262 e. The van der Waals surface area contributed by atoms with Crippen molar-refractivity contribution < 1.29 is 14.3 Å². The third-order valence-corrected chi connectivity index (χ3v) is 3.44. The van der Waals surface area contributed by atoms with Gasteiger partial charge in [-0.15, -0.1) is 0 Å². The maximum Gasteiger partial charge on any atom is 0.262 e. The highest BCUT2D eigenvalue weighted by molar-refractivity contribution is 6.01. The lowest BCUT2D eigenvalue weighted by Crippen LogP contribution is -2.32. The average Bonchev–Trinajstić information content (AvgIpc) is 3.04. The van der Waals surface area contributed by atoms with Gasteiger partial charge in [-0.05, 0) is 50.5 Å². The summed E-state index contributed by atoms with van der Waals surface area (Å²) in [6.07, 6.45) is 3.71. The third kappa shape index (κ3) is 5.42. The summed E-state index contributed by atoms with van der Waals surface area (Å²) >= 11 is 0. The molecule has 0 aromatic heterocycles. The molecule has 1 amide bonds. The van der Waals surface area contributed by atoms with Crippen LogP contribution in [0, 0.1) is 11.3 Å². The van der Waals surface area contributed by atoms with Crippen LogP contribution in [0.2, 0.25) is 0 Å². The van der Waals surface area contributed by atoms with E-state index in [0.29, 0.717) is 6.54 Å². The normalized spacial score (nSPS) is 17.8. The molecule has 1 fully saturated rings. The van der Waals surface area contributed by atoms with Gasteiger partial charge in [0.25, 0.3) is 5.91 Å². The molecule has 0 unspecified atom stereocenters. The highest BCUT2D eigenvalue weighted by Gasteiger charge is 2.17. The van der Waals surface area contributed by atoms with Crippen LogP contribution in [0.3, 0.4) is 0 Å². The summed E-state index contributed by atoms with van der Waals surface area (Å²) < 4.78 is 11.0. The molecule has 2 rings (SSSR count). The average molecular weight is 314 g/mol. The lowest BCUT2D eigenvalue weighted by atomic mass is 10.1. The van der Waals surface area contributed by atoms with E-state index in [4.69, 9.17) is 9.47 Å². The summed E-state index contributed by atoms with van der Waals surface area (Å²) in [4.78, 5) is 12.1. The van der Waals surface area contributed by atoms with Gasteiger partial charge in [-0.1, -0.05) is 12.1 Å². The third-order valence-electron chi connectivity index (χ3n) is 3.44. The number of benzene rings is 1. The molecule has 0 bridgehead atoms. The predicted molar refractivity (Wildman–Crippen MR) is 87.8 cm³/mol. The van der Waals surface area contributed by atoms with Crippen molar-refractivity contribution in [2.24, 2.45) is 0 Å². The van der Waals surface area contributed by atoms with Crippen LogP contribution in [-0.4, -0.2) is 31.3 Å². The zero-order chi connectivity index (χ0) is 16.7. The first kappa shape index (κ1) is 17.0. The van der Waals surface area contributed by atoms with E-state index < -0.39 is 0 Å². The molecule has 1 heterocycles. The summed E-state index contributed by atoms with van der Waals surface area (Å²) in [6.45, 7) is 5.10. The number of nitriles is 1. The summed E-state index contributed by atoms with van der Waals surface area (Å²) in [5, 5.41) is 11.9. The van der Waals surface area contributed by atoms with Crippen molar-refractivity contribution in [2.45, 2.75) is 38.9 Å². The quantitative estimate of drug-likeness (QED) is 0.647. The number of nitrogens with zero attached hydrogens (tertiary/aromatic N) is 1. The van der Waals surface area contributed by atoms with Crippen molar-refractivity contribution >= 4 is 12.0 Å². The molecule has 0 radical (unpaired) electrons. The number of rotatable bonds is 6. The van der Waals surface area contributed by atoms with Crippen LogP contribution in [0.15, 0.2) is 29.8 Å². The number of hydrogen-bond acceptors (Lipinski definition) is 4. The van der Waals surface area contributed by atoms with E-state index in [2.05, 4.69) is 5.32 Å². The van der Waals surface area contributed by atoms with E-state index in [1.54, 1.807) is 6.08 Å². The van der Waals surface area contributed by atoms with E-state index in [1.807, 2.05) is 44.2 Å². The van der Waals surface area contributed by atoms with Gasteiger partial charge in [0.05, 0.1) is 12.2 Å². The Labute approximate surface area is 136 Å². The highest BCUT2D eigenvalue weighted by Crippen LogP contribution is 2.16. The first-order valence-electron chi connectivity index (χ1n) is 7.87. The van der Waals surface area contributed by atoms with Crippen LogP contribution in [0.25, 0.3) is 6.08 Å². The van der Waals surface area contributed by atoms with Gasteiger partial charge >= 0.3 is 0 Å². The summed E-state index contributed by atoms with van der Waals surface area (Å²) in [5.41, 5.74) is 0.866. The molecule has 1 aliphatic heterocycles. The van der Waals surface area contributed by atoms with Gasteiger partial charge in [0, 0.05) is 13.2 Å². The second-order valence-corrected chi connectivity index (χ2v) is 5.75. The monoisotopic (exact) mass is 314 g/mol. The molecule has 1 aliphatic rings. The molecule has 0 spiro atoms. The van der Waals surface area contributed by atoms with E-state index >= 15 is 0 Å². The van der Waals surface area contributed by atoms with E-state index in [0.717, 1.165) is 30.8 Å². The van der Waals surface area contributed by atoms with E-state index in [9.17, 15) is 10.1 Å². The number of hydrogen-bond donors (Lipinski definition) is 1. The Morgan fingerprint density at radius 3 is 2.78 bits per heavy atom. The lowest BCUT2D eigenvalue weighted by Gasteiger charge is -2.10. The van der Waals surface area contributed by atoms with Gasteiger partial charge in [-0.25, -0.2) is 0 Å². The fourth-order valence-corrected chi connectivity index (χ4v) is 2.34. The molecule has 23 heavy (non-hydrogen) atoms. The van der Waals surface area contributed by atoms with Gasteiger partial charge in [-0.3, -0.25) is 4.79 Å². The number of ether oxygens (including phenoxy) is 2. The minimum atomic E-state index is -0.370. The molecule has 122 valence electrons. The van der Waals surface area contributed by atoms with Gasteiger partial charge in [0.15, 0.2) is 0 Å². The van der Waals surface area contributed by atoms with Crippen LogP contribution in [0.4, 0.5) is 0 Å². The van der Waals surface area contributed by atoms with Crippen LogP contribution in [0.5, 0.6) is 5.75 Å². The summed E-state index contributed by atoms with van der Waals surface area (Å²) in [5.74, 6) is 0.393. The zero-order valence-corrected chi connectivity index (χ0v) is 13.5. The molecule has 1 aromatic carbocycles. The van der Waals surface area contributed by atoms with E-state index in [-0.39, 0.29) is 23.7 Å². The van der Waals surface area contributed by atoms with Gasteiger partial charge in [0.1, 0.15) is 17.4 Å². The second kappa shape index (κ2) is 8.35. The molecule has 0 aliphatic carbocycles. The SMILES string of the molecule is CC(C)Oc1ccc(/C=C(\C#N)C(=O)NC[C@@H]2CCCO2)cc1. The van der Waals surface area contributed by atoms with Crippen LogP contribution in [0.1, 0.15) is 32.3 Å². The van der Waals surface area contributed by atoms with Crippen molar-refractivity contribution in [2.75, 3.05) is 13.2 Å². The maximum absolute atomic E-state index is 12.1. The van der Waals surface area contributed by atoms with Crippen molar-refractivity contribution in [1.82, 2.24) is 5.32 Å². The first-order valence-corrected chi connectivity index (χ1v) is 7.87. The number of carbonyl (C=O) groups excluding carboxylic acids is 1. The Morgan fingerprint density at radius 2 is 2.22 bits per heavy atom. The molecule has 1 atom stereocenters.